The largest absolute Gasteiger partial charge is 0.378 e. The van der Waals surface area contributed by atoms with Gasteiger partial charge in [0.15, 0.2) is 0 Å². The summed E-state index contributed by atoms with van der Waals surface area (Å²) >= 11 is 9.55. The second-order valence-corrected chi connectivity index (χ2v) is 6.39. The van der Waals surface area contributed by atoms with Crippen molar-refractivity contribution in [3.05, 3.63) is 62.6 Å². The molecule has 3 heteroatoms. The molecule has 0 radical (unpaired) electrons. The van der Waals surface area contributed by atoms with Crippen molar-refractivity contribution >= 4 is 33.2 Å². The van der Waals surface area contributed by atoms with Gasteiger partial charge in [-0.2, -0.15) is 0 Å². The number of aryl methyl sites for hydroxylation is 2. The minimum atomic E-state index is 0.396. The van der Waals surface area contributed by atoms with E-state index < -0.39 is 0 Å². The first kappa shape index (κ1) is 13.0. The maximum absolute atomic E-state index is 6.05. The highest BCUT2D eigenvalue weighted by molar-refractivity contribution is 9.10. The fraction of sp³-hybridized carbons (Fsp3) is 0.250. The lowest BCUT2D eigenvalue weighted by atomic mass is 10.1. The van der Waals surface area contributed by atoms with Gasteiger partial charge in [0.1, 0.15) is 0 Å². The molecule has 2 aromatic carbocycles. The number of nitrogens with one attached hydrogen (secondary N) is 1. The smallest absolute Gasteiger partial charge is 0.0519 e. The van der Waals surface area contributed by atoms with E-state index in [1.807, 2.05) is 6.07 Å². The molecule has 1 nitrogen and oxygen atoms in total. The maximum Gasteiger partial charge on any atom is 0.0519 e. The van der Waals surface area contributed by atoms with Crippen molar-refractivity contribution in [1.29, 1.82) is 0 Å². The van der Waals surface area contributed by atoms with Gasteiger partial charge in [-0.15, -0.1) is 0 Å². The number of fused-ring (bicyclic) bond motifs is 1. The van der Waals surface area contributed by atoms with E-state index in [1.54, 1.807) is 0 Å². The number of hydrogen-bond acceptors (Lipinski definition) is 1. The molecule has 0 saturated carbocycles. The summed E-state index contributed by atoms with van der Waals surface area (Å²) in [5.41, 5.74) is 5.22. The Bertz CT molecular complexity index is 624. The summed E-state index contributed by atoms with van der Waals surface area (Å²) in [6.45, 7) is 2.13. The van der Waals surface area contributed by atoms with E-state index in [2.05, 4.69) is 58.5 Å². The molecule has 0 aromatic heterocycles. The molecular formula is C16H15BrClN. The Kier molecular flexibility index (Phi) is 3.55. The van der Waals surface area contributed by atoms with Crippen LogP contribution in [0.4, 0.5) is 5.69 Å². The fourth-order valence-corrected chi connectivity index (χ4v) is 3.38. The SMILES string of the molecule is Cc1cc(Br)ccc1NC1CCc2cc(Cl)ccc21. The van der Waals surface area contributed by atoms with Crippen LogP contribution in [-0.4, -0.2) is 0 Å². The van der Waals surface area contributed by atoms with Crippen molar-refractivity contribution < 1.29 is 0 Å². The van der Waals surface area contributed by atoms with E-state index >= 15 is 0 Å². The third-order valence-electron chi connectivity index (χ3n) is 3.70. The van der Waals surface area contributed by atoms with Gasteiger partial charge in [-0.1, -0.05) is 33.6 Å². The Balaban J connectivity index is 1.86. The van der Waals surface area contributed by atoms with Gasteiger partial charge in [0.25, 0.3) is 0 Å². The Labute approximate surface area is 127 Å². The van der Waals surface area contributed by atoms with E-state index in [9.17, 15) is 0 Å². The van der Waals surface area contributed by atoms with Crippen molar-refractivity contribution in [2.24, 2.45) is 0 Å². The van der Waals surface area contributed by atoms with Crippen LogP contribution in [0.3, 0.4) is 0 Å². The summed E-state index contributed by atoms with van der Waals surface area (Å²) in [6.07, 6.45) is 2.23. The zero-order chi connectivity index (χ0) is 13.4. The number of benzene rings is 2. The Hall–Kier alpha value is -0.990. The fourth-order valence-electron chi connectivity index (χ4n) is 2.71. The van der Waals surface area contributed by atoms with E-state index in [4.69, 9.17) is 11.6 Å². The summed E-state index contributed by atoms with van der Waals surface area (Å²) < 4.78 is 1.12. The standard InChI is InChI=1S/C16H15BrClN/c1-10-8-12(17)3-7-15(10)19-16-6-2-11-9-13(18)4-5-14(11)16/h3-5,7-9,16,19H,2,6H2,1H3. The summed E-state index contributed by atoms with van der Waals surface area (Å²) in [4.78, 5) is 0. The number of halogens is 2. The van der Waals surface area contributed by atoms with Crippen LogP contribution in [0.5, 0.6) is 0 Å². The number of hydrogen-bond donors (Lipinski definition) is 1. The monoisotopic (exact) mass is 335 g/mol. The summed E-state index contributed by atoms with van der Waals surface area (Å²) in [5, 5.41) is 4.48. The van der Waals surface area contributed by atoms with E-state index in [0.717, 1.165) is 22.3 Å². The van der Waals surface area contributed by atoms with Gasteiger partial charge in [-0.05, 0) is 66.8 Å². The van der Waals surface area contributed by atoms with E-state index in [-0.39, 0.29) is 0 Å². The first-order valence-electron chi connectivity index (χ1n) is 6.44. The number of rotatable bonds is 2. The zero-order valence-corrected chi connectivity index (χ0v) is 13.1. The molecule has 2 aromatic rings. The van der Waals surface area contributed by atoms with Gasteiger partial charge >= 0.3 is 0 Å². The van der Waals surface area contributed by atoms with Crippen molar-refractivity contribution in [2.45, 2.75) is 25.8 Å². The van der Waals surface area contributed by atoms with E-state index in [1.165, 1.54) is 22.4 Å². The molecule has 0 bridgehead atoms. The summed E-state index contributed by atoms with van der Waals surface area (Å²) in [5.74, 6) is 0. The lowest BCUT2D eigenvalue weighted by Gasteiger charge is -2.17. The molecule has 0 fully saturated rings. The normalized spacial score (nSPS) is 17.3. The first-order valence-corrected chi connectivity index (χ1v) is 7.61. The maximum atomic E-state index is 6.05. The number of anilines is 1. The molecule has 0 saturated heterocycles. The minimum absolute atomic E-state index is 0.396. The molecule has 0 spiro atoms. The first-order chi connectivity index (χ1) is 9.13. The molecule has 3 rings (SSSR count). The second-order valence-electron chi connectivity index (χ2n) is 5.04. The van der Waals surface area contributed by atoms with Crippen LogP contribution in [-0.2, 0) is 6.42 Å². The average Bonchev–Trinajstić information content (AvgIpc) is 2.75. The molecular weight excluding hydrogens is 322 g/mol. The minimum Gasteiger partial charge on any atom is -0.378 e. The van der Waals surface area contributed by atoms with Crippen LogP contribution >= 0.6 is 27.5 Å². The van der Waals surface area contributed by atoms with Gasteiger partial charge in [0.2, 0.25) is 0 Å². The molecule has 1 N–H and O–H groups in total. The van der Waals surface area contributed by atoms with Gasteiger partial charge in [0, 0.05) is 15.2 Å². The summed E-state index contributed by atoms with van der Waals surface area (Å²) in [7, 11) is 0. The topological polar surface area (TPSA) is 12.0 Å². The van der Waals surface area contributed by atoms with Gasteiger partial charge in [-0.3, -0.25) is 0 Å². The summed E-state index contributed by atoms with van der Waals surface area (Å²) in [6, 6.07) is 13.0. The second kappa shape index (κ2) is 5.18. The Morgan fingerprint density at radius 3 is 2.84 bits per heavy atom. The quantitative estimate of drug-likeness (QED) is 0.762. The van der Waals surface area contributed by atoms with Crippen molar-refractivity contribution in [3.8, 4) is 0 Å². The highest BCUT2D eigenvalue weighted by Gasteiger charge is 2.22. The third kappa shape index (κ3) is 2.65. The Morgan fingerprint density at radius 2 is 2.05 bits per heavy atom. The van der Waals surface area contributed by atoms with Gasteiger partial charge in [0.05, 0.1) is 6.04 Å². The van der Waals surface area contributed by atoms with Crippen molar-refractivity contribution in [3.63, 3.8) is 0 Å². The molecule has 1 unspecified atom stereocenters. The molecule has 0 aliphatic heterocycles. The third-order valence-corrected chi connectivity index (χ3v) is 4.43. The van der Waals surface area contributed by atoms with Crippen molar-refractivity contribution in [2.75, 3.05) is 5.32 Å². The molecule has 1 aliphatic rings. The van der Waals surface area contributed by atoms with Crippen LogP contribution in [0, 0.1) is 6.92 Å². The van der Waals surface area contributed by atoms with E-state index in [0.29, 0.717) is 6.04 Å². The van der Waals surface area contributed by atoms with Gasteiger partial charge in [-0.25, -0.2) is 0 Å². The van der Waals surface area contributed by atoms with Crippen LogP contribution < -0.4 is 5.32 Å². The Morgan fingerprint density at radius 1 is 1.21 bits per heavy atom. The van der Waals surface area contributed by atoms with Gasteiger partial charge < -0.3 is 5.32 Å². The lowest BCUT2D eigenvalue weighted by molar-refractivity contribution is 0.761. The van der Waals surface area contributed by atoms with Crippen LogP contribution in [0.1, 0.15) is 29.2 Å². The van der Waals surface area contributed by atoms with Crippen LogP contribution in [0.15, 0.2) is 40.9 Å². The highest BCUT2D eigenvalue weighted by Crippen LogP contribution is 2.36. The molecule has 0 amide bonds. The average molecular weight is 337 g/mol. The molecule has 0 heterocycles. The highest BCUT2D eigenvalue weighted by atomic mass is 79.9. The van der Waals surface area contributed by atoms with Crippen molar-refractivity contribution in [1.82, 2.24) is 0 Å². The van der Waals surface area contributed by atoms with Crippen LogP contribution in [0.25, 0.3) is 0 Å². The predicted molar refractivity (Wildman–Crippen MR) is 85.0 cm³/mol. The zero-order valence-electron chi connectivity index (χ0n) is 10.7. The predicted octanol–water partition coefficient (Wildman–Crippen LogP) is 5.51. The molecule has 1 aliphatic carbocycles. The van der Waals surface area contributed by atoms with Crippen LogP contribution in [0.2, 0.25) is 5.02 Å². The molecule has 1 atom stereocenters. The molecule has 98 valence electrons. The molecule has 19 heavy (non-hydrogen) atoms. The lowest BCUT2D eigenvalue weighted by Crippen LogP contribution is -2.08.